The molecule has 0 aliphatic rings. The summed E-state index contributed by atoms with van der Waals surface area (Å²) in [5.74, 6) is -0.561. The molecule has 0 spiro atoms. The number of hydrogen-bond acceptors (Lipinski definition) is 1. The molecule has 0 unspecified atom stereocenters. The molecule has 1 heterocycles. The van der Waals surface area contributed by atoms with Crippen molar-refractivity contribution in [2.75, 3.05) is 0 Å². The van der Waals surface area contributed by atoms with Gasteiger partial charge in [-0.1, -0.05) is 32.4 Å². The lowest BCUT2D eigenvalue weighted by molar-refractivity contribution is 0.557. The summed E-state index contributed by atoms with van der Waals surface area (Å²) in [7, 11) is 0. The number of nitrogens with one attached hydrogen (secondary N) is 1. The number of aromatic amines is 1. The van der Waals surface area contributed by atoms with E-state index in [9.17, 15) is 9.18 Å². The first-order valence-corrected chi connectivity index (χ1v) is 6.85. The molecule has 1 N–H and O–H groups in total. The molecule has 0 bridgehead atoms. The summed E-state index contributed by atoms with van der Waals surface area (Å²) in [6.45, 7) is 5.95. The van der Waals surface area contributed by atoms with Crippen LogP contribution < -0.4 is 5.56 Å². The van der Waals surface area contributed by atoms with E-state index in [-0.39, 0.29) is 16.0 Å². The summed E-state index contributed by atoms with van der Waals surface area (Å²) in [6, 6.07) is 4.23. The highest BCUT2D eigenvalue weighted by Crippen LogP contribution is 2.26. The zero-order valence-corrected chi connectivity index (χ0v) is 13.1. The molecule has 6 heteroatoms. The summed E-state index contributed by atoms with van der Waals surface area (Å²) in [5.41, 5.74) is 0.677. The fraction of sp³-hybridized carbons (Fsp3) is 0.308. The minimum absolute atomic E-state index is 0.0264. The third-order valence-corrected chi connectivity index (χ3v) is 3.79. The average molecular weight is 348 g/mol. The van der Waals surface area contributed by atoms with Crippen LogP contribution in [0.1, 0.15) is 26.5 Å². The second kappa shape index (κ2) is 4.80. The van der Waals surface area contributed by atoms with Gasteiger partial charge in [-0.25, -0.2) is 9.07 Å². The summed E-state index contributed by atoms with van der Waals surface area (Å²) in [5, 5.41) is 3.03. The average Bonchev–Trinajstić information content (AvgIpc) is 2.60. The van der Waals surface area contributed by atoms with Crippen LogP contribution in [0.15, 0.2) is 27.5 Å². The van der Waals surface area contributed by atoms with Crippen molar-refractivity contribution in [2.45, 2.75) is 26.2 Å². The molecule has 102 valence electrons. The van der Waals surface area contributed by atoms with Crippen molar-refractivity contribution in [3.63, 3.8) is 0 Å². The number of nitrogens with zero attached hydrogens (tertiary/aromatic N) is 1. The first-order chi connectivity index (χ1) is 8.71. The van der Waals surface area contributed by atoms with E-state index in [2.05, 4.69) is 21.0 Å². The van der Waals surface area contributed by atoms with Crippen molar-refractivity contribution in [2.24, 2.45) is 0 Å². The van der Waals surface area contributed by atoms with Crippen LogP contribution in [0.25, 0.3) is 5.69 Å². The van der Waals surface area contributed by atoms with Crippen molar-refractivity contribution in [3.8, 4) is 5.69 Å². The molecule has 1 aromatic heterocycles. The molecule has 2 rings (SSSR count). The maximum Gasteiger partial charge on any atom is 0.285 e. The van der Waals surface area contributed by atoms with E-state index >= 15 is 0 Å². The molecule has 0 saturated heterocycles. The van der Waals surface area contributed by atoms with Crippen LogP contribution in [0.4, 0.5) is 4.39 Å². The molecule has 1 aromatic carbocycles. The predicted molar refractivity (Wildman–Crippen MR) is 77.8 cm³/mol. The van der Waals surface area contributed by atoms with Gasteiger partial charge in [-0.05, 0) is 28.1 Å². The molecule has 0 radical (unpaired) electrons. The van der Waals surface area contributed by atoms with Crippen molar-refractivity contribution < 1.29 is 4.39 Å². The Hall–Kier alpha value is -1.07. The molecule has 0 aliphatic carbocycles. The number of rotatable bonds is 1. The second-order valence-electron chi connectivity index (χ2n) is 5.29. The number of hydrogen-bond donors (Lipinski definition) is 1. The molecule has 0 amide bonds. The number of halogens is 3. The molecule has 0 fully saturated rings. The summed E-state index contributed by atoms with van der Waals surface area (Å²) < 4.78 is 15.2. The second-order valence-corrected chi connectivity index (χ2v) is 6.49. The third-order valence-electron chi connectivity index (χ3n) is 2.75. The number of aromatic nitrogens is 2. The lowest BCUT2D eigenvalue weighted by Gasteiger charge is -2.16. The van der Waals surface area contributed by atoms with Crippen LogP contribution in [-0.2, 0) is 5.41 Å². The molecule has 0 atom stereocenters. The lowest BCUT2D eigenvalue weighted by atomic mass is 9.93. The van der Waals surface area contributed by atoms with Gasteiger partial charge in [0.1, 0.15) is 10.3 Å². The van der Waals surface area contributed by atoms with Gasteiger partial charge in [-0.3, -0.25) is 9.89 Å². The van der Waals surface area contributed by atoms with Crippen molar-refractivity contribution >= 4 is 27.5 Å². The van der Waals surface area contributed by atoms with Gasteiger partial charge < -0.3 is 0 Å². The van der Waals surface area contributed by atoms with Crippen molar-refractivity contribution in [3.05, 3.63) is 49.6 Å². The maximum absolute atomic E-state index is 13.5. The number of benzene rings is 1. The zero-order valence-electron chi connectivity index (χ0n) is 10.7. The van der Waals surface area contributed by atoms with E-state index in [1.807, 2.05) is 20.8 Å². The summed E-state index contributed by atoms with van der Waals surface area (Å²) in [4.78, 5) is 12.2. The van der Waals surface area contributed by atoms with E-state index < -0.39 is 5.82 Å². The highest BCUT2D eigenvalue weighted by atomic mass is 79.9. The lowest BCUT2D eigenvalue weighted by Crippen LogP contribution is -2.14. The van der Waals surface area contributed by atoms with Crippen molar-refractivity contribution in [1.29, 1.82) is 0 Å². The fourth-order valence-electron chi connectivity index (χ4n) is 1.72. The Labute approximate surface area is 123 Å². The first kappa shape index (κ1) is 14.3. The predicted octanol–water partition coefficient (Wildman–Crippen LogP) is 4.02. The van der Waals surface area contributed by atoms with Gasteiger partial charge in [0.25, 0.3) is 5.56 Å². The summed E-state index contributed by atoms with van der Waals surface area (Å²) >= 11 is 8.92. The van der Waals surface area contributed by atoms with E-state index in [0.29, 0.717) is 10.2 Å². The quantitative estimate of drug-likeness (QED) is 0.831. The Balaban J connectivity index is 2.64. The topological polar surface area (TPSA) is 37.8 Å². The van der Waals surface area contributed by atoms with Gasteiger partial charge in [0.15, 0.2) is 0 Å². The smallest absolute Gasteiger partial charge is 0.285 e. The van der Waals surface area contributed by atoms with E-state index in [0.717, 1.165) is 5.69 Å². The number of H-pyrrole nitrogens is 1. The molecular formula is C13H13BrClFN2O. The molecular weight excluding hydrogens is 335 g/mol. The minimum atomic E-state index is -0.561. The normalized spacial score (nSPS) is 11.9. The van der Waals surface area contributed by atoms with Gasteiger partial charge >= 0.3 is 0 Å². The maximum atomic E-state index is 13.5. The van der Waals surface area contributed by atoms with Gasteiger partial charge in [0, 0.05) is 11.5 Å². The highest BCUT2D eigenvalue weighted by molar-refractivity contribution is 9.10. The molecule has 0 aliphatic heterocycles. The largest absolute Gasteiger partial charge is 0.293 e. The SMILES string of the molecule is CC(C)(C)c1[nH]n(-c2ccc(Cl)c(F)c2)c(=O)c1Br. The van der Waals surface area contributed by atoms with Gasteiger partial charge in [0.2, 0.25) is 0 Å². The van der Waals surface area contributed by atoms with Gasteiger partial charge in [0.05, 0.1) is 16.4 Å². The van der Waals surface area contributed by atoms with Crippen LogP contribution in [0.3, 0.4) is 0 Å². The van der Waals surface area contributed by atoms with Crippen LogP contribution in [0.2, 0.25) is 5.02 Å². The first-order valence-electron chi connectivity index (χ1n) is 5.68. The Bertz CT molecular complexity index is 685. The van der Waals surface area contributed by atoms with E-state index in [1.165, 1.54) is 16.8 Å². The fourth-order valence-corrected chi connectivity index (χ4v) is 2.70. The van der Waals surface area contributed by atoms with Crippen LogP contribution >= 0.6 is 27.5 Å². The van der Waals surface area contributed by atoms with Crippen molar-refractivity contribution in [1.82, 2.24) is 9.78 Å². The van der Waals surface area contributed by atoms with Gasteiger partial charge in [-0.15, -0.1) is 0 Å². The van der Waals surface area contributed by atoms with Gasteiger partial charge in [-0.2, -0.15) is 0 Å². The Morgan fingerprint density at radius 1 is 1.37 bits per heavy atom. The van der Waals surface area contributed by atoms with Crippen LogP contribution in [-0.4, -0.2) is 9.78 Å². The molecule has 0 saturated carbocycles. The standard InChI is InChI=1S/C13H13BrClFN2O/c1-13(2,3)11-10(14)12(19)18(17-11)7-4-5-8(15)9(16)6-7/h4-6,17H,1-3H3. The Morgan fingerprint density at radius 3 is 2.47 bits per heavy atom. The Kier molecular flexibility index (Phi) is 3.62. The monoisotopic (exact) mass is 346 g/mol. The third kappa shape index (κ3) is 2.62. The zero-order chi connectivity index (χ0) is 14.4. The summed E-state index contributed by atoms with van der Waals surface area (Å²) in [6.07, 6.45) is 0. The Morgan fingerprint density at radius 2 is 2.00 bits per heavy atom. The van der Waals surface area contributed by atoms with E-state index in [4.69, 9.17) is 11.6 Å². The molecule has 3 nitrogen and oxygen atoms in total. The molecule has 19 heavy (non-hydrogen) atoms. The van der Waals surface area contributed by atoms with Crippen LogP contribution in [0, 0.1) is 5.82 Å². The molecule has 2 aromatic rings. The minimum Gasteiger partial charge on any atom is -0.293 e. The van der Waals surface area contributed by atoms with E-state index in [1.54, 1.807) is 6.07 Å². The van der Waals surface area contributed by atoms with Crippen LogP contribution in [0.5, 0.6) is 0 Å². The highest BCUT2D eigenvalue weighted by Gasteiger charge is 2.23.